The summed E-state index contributed by atoms with van der Waals surface area (Å²) in [4.78, 5) is 38.9. The van der Waals surface area contributed by atoms with Crippen molar-refractivity contribution in [2.45, 2.75) is 19.8 Å². The third-order valence-electron chi connectivity index (χ3n) is 4.82. The van der Waals surface area contributed by atoms with Crippen molar-refractivity contribution in [2.75, 3.05) is 10.2 Å². The van der Waals surface area contributed by atoms with Gasteiger partial charge in [-0.05, 0) is 42.3 Å². The van der Waals surface area contributed by atoms with E-state index in [-0.39, 0.29) is 35.4 Å². The smallest absolute Gasteiger partial charge is 0.291 e. The van der Waals surface area contributed by atoms with E-state index in [1.54, 1.807) is 25.1 Å². The highest BCUT2D eigenvalue weighted by Crippen LogP contribution is 2.32. The monoisotopic (exact) mass is 408 g/mol. The molecular formula is C22H17ClN2O4. The van der Waals surface area contributed by atoms with Gasteiger partial charge in [0, 0.05) is 11.3 Å². The topological polar surface area (TPSA) is 79.6 Å². The highest BCUT2D eigenvalue weighted by atomic mass is 35.5. The van der Waals surface area contributed by atoms with Crippen LogP contribution in [0.25, 0.3) is 0 Å². The van der Waals surface area contributed by atoms with Crippen LogP contribution in [0.2, 0.25) is 5.02 Å². The Labute approximate surface area is 172 Å². The minimum atomic E-state index is -0.409. The van der Waals surface area contributed by atoms with Crippen molar-refractivity contribution in [1.82, 2.24) is 0 Å². The Morgan fingerprint density at radius 1 is 1.03 bits per heavy atom. The number of aryl methyl sites for hydroxylation is 1. The first kappa shape index (κ1) is 19.0. The predicted octanol–water partition coefficient (Wildman–Crippen LogP) is 4.15. The molecule has 0 unspecified atom stereocenters. The van der Waals surface area contributed by atoms with Gasteiger partial charge in [0.05, 0.1) is 29.8 Å². The lowest BCUT2D eigenvalue weighted by molar-refractivity contribution is -0.125. The Bertz CT molecular complexity index is 1100. The molecule has 1 aliphatic heterocycles. The summed E-state index contributed by atoms with van der Waals surface area (Å²) in [6, 6.07) is 13.7. The van der Waals surface area contributed by atoms with Crippen LogP contribution in [0, 0.1) is 6.92 Å². The summed E-state index contributed by atoms with van der Waals surface area (Å²) < 4.78 is 5.18. The lowest BCUT2D eigenvalue weighted by Crippen LogP contribution is -2.37. The van der Waals surface area contributed by atoms with Crippen molar-refractivity contribution in [3.8, 4) is 0 Å². The van der Waals surface area contributed by atoms with Crippen LogP contribution in [0.4, 0.5) is 11.4 Å². The maximum atomic E-state index is 12.8. The summed E-state index contributed by atoms with van der Waals surface area (Å²) >= 11 is 6.38. The number of nitrogens with zero attached hydrogens (tertiary/aromatic N) is 1. The van der Waals surface area contributed by atoms with E-state index in [0.717, 1.165) is 16.0 Å². The van der Waals surface area contributed by atoms with Gasteiger partial charge in [0.1, 0.15) is 0 Å². The number of carbonyl (C=O) groups is 3. The maximum Gasteiger partial charge on any atom is 0.291 e. The normalized spacial score (nSPS) is 13.8. The first-order valence-corrected chi connectivity index (χ1v) is 9.39. The van der Waals surface area contributed by atoms with Gasteiger partial charge in [0.2, 0.25) is 11.8 Å². The van der Waals surface area contributed by atoms with Crippen LogP contribution in [-0.4, -0.2) is 17.7 Å². The maximum absolute atomic E-state index is 12.8. The summed E-state index contributed by atoms with van der Waals surface area (Å²) in [5.41, 5.74) is 3.11. The van der Waals surface area contributed by atoms with Crippen LogP contribution in [0.3, 0.4) is 0 Å². The zero-order valence-corrected chi connectivity index (χ0v) is 16.3. The summed E-state index contributed by atoms with van der Waals surface area (Å²) in [5, 5.41) is 2.89. The molecule has 3 amide bonds. The van der Waals surface area contributed by atoms with Crippen molar-refractivity contribution in [3.63, 3.8) is 0 Å². The molecule has 146 valence electrons. The quantitative estimate of drug-likeness (QED) is 0.660. The van der Waals surface area contributed by atoms with Crippen molar-refractivity contribution in [3.05, 3.63) is 82.3 Å². The molecule has 4 rings (SSSR count). The van der Waals surface area contributed by atoms with Crippen LogP contribution in [0.5, 0.6) is 0 Å². The second-order valence-electron chi connectivity index (χ2n) is 6.80. The number of imide groups is 1. The van der Waals surface area contributed by atoms with Gasteiger partial charge in [0.15, 0.2) is 5.76 Å². The van der Waals surface area contributed by atoms with Crippen LogP contribution >= 0.6 is 11.6 Å². The molecule has 0 spiro atoms. The fourth-order valence-electron chi connectivity index (χ4n) is 3.35. The lowest BCUT2D eigenvalue weighted by atomic mass is 10.0. The molecule has 1 aliphatic rings. The molecule has 0 fully saturated rings. The number of hydrogen-bond donors (Lipinski definition) is 1. The third-order valence-corrected chi connectivity index (χ3v) is 5.12. The van der Waals surface area contributed by atoms with E-state index in [2.05, 4.69) is 5.32 Å². The number of fused-ring (bicyclic) bond motifs is 1. The van der Waals surface area contributed by atoms with Crippen LogP contribution in [-0.2, 0) is 22.4 Å². The van der Waals surface area contributed by atoms with Crippen molar-refractivity contribution >= 4 is 40.7 Å². The lowest BCUT2D eigenvalue weighted by Gasteiger charge is -2.20. The number of furan rings is 1. The molecule has 29 heavy (non-hydrogen) atoms. The second kappa shape index (κ2) is 7.56. The molecule has 6 nitrogen and oxygen atoms in total. The standard InChI is InChI=1S/C22H17ClN2O4/c1-13-8-9-29-21(13)22(28)24-16-6-7-18(17(23)12-16)25-19(26)10-14-4-2-3-5-15(14)11-20(25)27/h2-9,12H,10-11H2,1H3,(H,24,28). The molecule has 7 heteroatoms. The minimum Gasteiger partial charge on any atom is -0.459 e. The molecule has 0 aliphatic carbocycles. The molecule has 1 N–H and O–H groups in total. The molecule has 0 bridgehead atoms. The van der Waals surface area contributed by atoms with Gasteiger partial charge in [-0.1, -0.05) is 35.9 Å². The van der Waals surface area contributed by atoms with Gasteiger partial charge < -0.3 is 9.73 Å². The SMILES string of the molecule is Cc1ccoc1C(=O)Nc1ccc(N2C(=O)Cc3ccccc3CC2=O)c(Cl)c1. The number of amides is 3. The Morgan fingerprint density at radius 3 is 2.24 bits per heavy atom. The Balaban J connectivity index is 1.59. The highest BCUT2D eigenvalue weighted by molar-refractivity contribution is 6.35. The number of carbonyl (C=O) groups excluding carboxylic acids is 3. The number of hydrogen-bond acceptors (Lipinski definition) is 4. The van der Waals surface area contributed by atoms with E-state index in [9.17, 15) is 14.4 Å². The van der Waals surface area contributed by atoms with E-state index in [1.807, 2.05) is 24.3 Å². The molecule has 2 heterocycles. The average molecular weight is 409 g/mol. The van der Waals surface area contributed by atoms with E-state index in [0.29, 0.717) is 16.9 Å². The molecule has 2 aromatic carbocycles. The van der Waals surface area contributed by atoms with E-state index < -0.39 is 5.91 Å². The average Bonchev–Trinajstić information content (AvgIpc) is 3.06. The fraction of sp³-hybridized carbons (Fsp3) is 0.136. The summed E-state index contributed by atoms with van der Waals surface area (Å²) in [6.45, 7) is 1.77. The van der Waals surface area contributed by atoms with Crippen LogP contribution in [0.1, 0.15) is 27.2 Å². The van der Waals surface area contributed by atoms with Crippen molar-refractivity contribution in [2.24, 2.45) is 0 Å². The minimum absolute atomic E-state index is 0.120. The van der Waals surface area contributed by atoms with Gasteiger partial charge in [-0.15, -0.1) is 0 Å². The first-order chi connectivity index (χ1) is 13.9. The second-order valence-corrected chi connectivity index (χ2v) is 7.21. The Morgan fingerprint density at radius 2 is 1.69 bits per heavy atom. The summed E-state index contributed by atoms with van der Waals surface area (Å²) in [6.07, 6.45) is 1.68. The number of halogens is 1. The predicted molar refractivity (Wildman–Crippen MR) is 109 cm³/mol. The zero-order chi connectivity index (χ0) is 20.5. The molecular weight excluding hydrogens is 392 g/mol. The summed E-state index contributed by atoms with van der Waals surface area (Å²) in [5.74, 6) is -0.885. The number of anilines is 2. The fourth-order valence-corrected chi connectivity index (χ4v) is 3.62. The van der Waals surface area contributed by atoms with Gasteiger partial charge in [-0.2, -0.15) is 0 Å². The van der Waals surface area contributed by atoms with E-state index >= 15 is 0 Å². The molecule has 0 saturated heterocycles. The molecule has 0 atom stereocenters. The van der Waals surface area contributed by atoms with Gasteiger partial charge >= 0.3 is 0 Å². The Hall–Kier alpha value is -3.38. The summed E-state index contributed by atoms with van der Waals surface area (Å²) in [7, 11) is 0. The first-order valence-electron chi connectivity index (χ1n) is 9.01. The van der Waals surface area contributed by atoms with E-state index in [4.69, 9.17) is 16.0 Å². The van der Waals surface area contributed by atoms with E-state index in [1.165, 1.54) is 12.3 Å². The van der Waals surface area contributed by atoms with Crippen LogP contribution in [0.15, 0.2) is 59.2 Å². The molecule has 3 aromatic rings. The third kappa shape index (κ3) is 3.67. The van der Waals surface area contributed by atoms with Crippen molar-refractivity contribution < 1.29 is 18.8 Å². The van der Waals surface area contributed by atoms with Gasteiger partial charge in [-0.25, -0.2) is 4.90 Å². The molecule has 0 saturated carbocycles. The Kier molecular flexibility index (Phi) is 4.94. The largest absolute Gasteiger partial charge is 0.459 e. The van der Waals surface area contributed by atoms with Gasteiger partial charge in [0.25, 0.3) is 5.91 Å². The molecule has 0 radical (unpaired) electrons. The molecule has 1 aromatic heterocycles. The number of nitrogens with one attached hydrogen (secondary N) is 1. The van der Waals surface area contributed by atoms with Crippen molar-refractivity contribution in [1.29, 1.82) is 0 Å². The van der Waals surface area contributed by atoms with Crippen LogP contribution < -0.4 is 10.2 Å². The van der Waals surface area contributed by atoms with Gasteiger partial charge in [-0.3, -0.25) is 14.4 Å². The number of benzene rings is 2. The highest BCUT2D eigenvalue weighted by Gasteiger charge is 2.30. The number of rotatable bonds is 3. The zero-order valence-electron chi connectivity index (χ0n) is 15.6.